The van der Waals surface area contributed by atoms with Crippen molar-refractivity contribution in [2.24, 2.45) is 0 Å². The summed E-state index contributed by atoms with van der Waals surface area (Å²) in [5, 5.41) is 0. The average Bonchev–Trinajstić information content (AvgIpc) is 1.97. The molecular formula is C12H18Mg. The second kappa shape index (κ2) is 5.66. The minimum absolute atomic E-state index is 0. The molecule has 0 aromatic heterocycles. The van der Waals surface area contributed by atoms with Crippen molar-refractivity contribution >= 4 is 23.1 Å². The van der Waals surface area contributed by atoms with Crippen LogP contribution in [-0.2, 0) is 0 Å². The average molecular weight is 187 g/mol. The molecule has 0 saturated heterocycles. The van der Waals surface area contributed by atoms with Gasteiger partial charge >= 0.3 is 23.1 Å². The number of aryl methyl sites for hydroxylation is 2. The first-order valence-corrected chi connectivity index (χ1v) is 4.00. The fraction of sp³-hybridized carbons (Fsp3) is 0.417. The second-order valence-electron chi connectivity index (χ2n) is 3.25. The maximum Gasteiger partial charge on any atom is 2.00 e. The van der Waals surface area contributed by atoms with Crippen LogP contribution in [0.25, 0.3) is 0 Å². The fourth-order valence-electron chi connectivity index (χ4n) is 1.31. The molecule has 1 heteroatoms. The van der Waals surface area contributed by atoms with Crippen LogP contribution in [0.15, 0.2) is 0 Å². The van der Waals surface area contributed by atoms with Gasteiger partial charge in [-0.15, -0.1) is 0 Å². The molecule has 0 aliphatic carbocycles. The molecule has 0 heterocycles. The molecule has 0 aliphatic rings. The number of benzene rings is 1. The number of hydrogen-bond donors (Lipinski definition) is 0. The van der Waals surface area contributed by atoms with E-state index in [1.165, 1.54) is 27.8 Å². The summed E-state index contributed by atoms with van der Waals surface area (Å²) in [7, 11) is 0. The van der Waals surface area contributed by atoms with Gasteiger partial charge in [-0.2, -0.15) is 33.9 Å². The number of rotatable bonds is 0. The van der Waals surface area contributed by atoms with E-state index in [2.05, 4.69) is 40.7 Å². The van der Waals surface area contributed by atoms with E-state index in [4.69, 9.17) is 0 Å². The van der Waals surface area contributed by atoms with Crippen LogP contribution in [-0.4, -0.2) is 23.1 Å². The molecule has 13 heavy (non-hydrogen) atoms. The van der Waals surface area contributed by atoms with Crippen molar-refractivity contribution in [2.45, 2.75) is 34.6 Å². The van der Waals surface area contributed by atoms with E-state index >= 15 is 0 Å². The van der Waals surface area contributed by atoms with Gasteiger partial charge in [0.1, 0.15) is 0 Å². The fourth-order valence-corrected chi connectivity index (χ4v) is 1.31. The van der Waals surface area contributed by atoms with Crippen molar-refractivity contribution < 1.29 is 0 Å². The smallest absolute Gasteiger partial charge is 0.358 e. The maximum absolute atomic E-state index is 3.35. The summed E-state index contributed by atoms with van der Waals surface area (Å²) in [4.78, 5) is 0. The normalized spacial score (nSPS) is 8.69. The van der Waals surface area contributed by atoms with E-state index in [9.17, 15) is 0 Å². The molecule has 0 spiro atoms. The molecule has 0 radical (unpaired) electrons. The van der Waals surface area contributed by atoms with Crippen LogP contribution in [0.2, 0.25) is 0 Å². The zero-order valence-corrected chi connectivity index (χ0v) is 11.1. The van der Waals surface area contributed by atoms with Gasteiger partial charge < -0.3 is 7.43 Å². The van der Waals surface area contributed by atoms with E-state index < -0.39 is 0 Å². The van der Waals surface area contributed by atoms with E-state index in [0.717, 1.165) is 0 Å². The predicted octanol–water partition coefficient (Wildman–Crippen LogP) is 3.10. The molecule has 0 N–H and O–H groups in total. The van der Waals surface area contributed by atoms with Gasteiger partial charge in [0.15, 0.2) is 0 Å². The Kier molecular flexibility index (Phi) is 6.73. The zero-order chi connectivity index (χ0) is 8.59. The zero-order valence-electron chi connectivity index (χ0n) is 9.71. The number of hydrogen-bond acceptors (Lipinski definition) is 0. The molecule has 0 aliphatic heterocycles. The molecule has 0 saturated carbocycles. The third-order valence-corrected chi connectivity index (χ3v) is 2.62. The maximum atomic E-state index is 3.35. The minimum atomic E-state index is 0. The van der Waals surface area contributed by atoms with Crippen molar-refractivity contribution in [3.8, 4) is 0 Å². The SMILES string of the molecule is Cc1[c-]c(C)c(C)c(C)c1C.[CH3-].[Mg+2]. The van der Waals surface area contributed by atoms with Crippen LogP contribution in [0.3, 0.4) is 0 Å². The van der Waals surface area contributed by atoms with Crippen molar-refractivity contribution in [3.05, 3.63) is 41.3 Å². The van der Waals surface area contributed by atoms with Crippen molar-refractivity contribution in [1.82, 2.24) is 0 Å². The Bertz CT molecular complexity index is 261. The van der Waals surface area contributed by atoms with Gasteiger partial charge in [-0.05, 0) is 0 Å². The molecule has 0 nitrogen and oxygen atoms in total. The van der Waals surface area contributed by atoms with Gasteiger partial charge in [0.2, 0.25) is 0 Å². The Morgan fingerprint density at radius 3 is 1.31 bits per heavy atom. The molecule has 0 bridgehead atoms. The van der Waals surface area contributed by atoms with Gasteiger partial charge in [0, 0.05) is 0 Å². The van der Waals surface area contributed by atoms with Crippen LogP contribution in [0.4, 0.5) is 0 Å². The first-order chi connectivity index (χ1) is 5.04. The van der Waals surface area contributed by atoms with Gasteiger partial charge in [-0.25, -0.2) is 0 Å². The summed E-state index contributed by atoms with van der Waals surface area (Å²) in [6.45, 7) is 10.7. The van der Waals surface area contributed by atoms with Crippen LogP contribution in [0, 0.1) is 48.1 Å². The van der Waals surface area contributed by atoms with E-state index in [1.807, 2.05) is 0 Å². The first kappa shape index (κ1) is 15.5. The summed E-state index contributed by atoms with van der Waals surface area (Å²) in [6.07, 6.45) is 0. The standard InChI is InChI=1S/C11H15.CH3.Mg/c1-7-6-8(2)10(4)11(5)9(7)3;;/h1-5H3;1H3;/q2*-1;+2. The van der Waals surface area contributed by atoms with Crippen LogP contribution in [0.5, 0.6) is 0 Å². The van der Waals surface area contributed by atoms with Gasteiger partial charge in [0.05, 0.1) is 0 Å². The third kappa shape index (κ3) is 2.99. The largest absolute Gasteiger partial charge is 2.00 e. The minimum Gasteiger partial charge on any atom is -0.358 e. The first-order valence-electron chi connectivity index (χ1n) is 4.00. The summed E-state index contributed by atoms with van der Waals surface area (Å²) in [5.41, 5.74) is 6.75. The molecule has 68 valence electrons. The summed E-state index contributed by atoms with van der Waals surface area (Å²) < 4.78 is 0. The quantitative estimate of drug-likeness (QED) is 0.432. The van der Waals surface area contributed by atoms with Gasteiger partial charge in [-0.1, -0.05) is 34.6 Å². The summed E-state index contributed by atoms with van der Waals surface area (Å²) in [6, 6.07) is 3.35. The molecule has 1 aromatic rings. The predicted molar refractivity (Wildman–Crippen MR) is 61.1 cm³/mol. The van der Waals surface area contributed by atoms with Crippen LogP contribution in [0.1, 0.15) is 27.8 Å². The molecule has 0 fully saturated rings. The van der Waals surface area contributed by atoms with Crippen LogP contribution < -0.4 is 0 Å². The molecule has 0 atom stereocenters. The Morgan fingerprint density at radius 2 is 1.00 bits per heavy atom. The molecular weight excluding hydrogens is 168 g/mol. The topological polar surface area (TPSA) is 0 Å². The molecule has 1 rings (SSSR count). The Morgan fingerprint density at radius 1 is 0.692 bits per heavy atom. The molecule has 1 aromatic carbocycles. The Labute approximate surface area is 98.9 Å². The van der Waals surface area contributed by atoms with E-state index in [0.29, 0.717) is 0 Å². The van der Waals surface area contributed by atoms with Gasteiger partial charge in [-0.3, -0.25) is 0 Å². The van der Waals surface area contributed by atoms with Crippen LogP contribution >= 0.6 is 0 Å². The van der Waals surface area contributed by atoms with Crippen molar-refractivity contribution in [1.29, 1.82) is 0 Å². The van der Waals surface area contributed by atoms with Crippen molar-refractivity contribution in [2.75, 3.05) is 0 Å². The summed E-state index contributed by atoms with van der Waals surface area (Å²) in [5.74, 6) is 0. The van der Waals surface area contributed by atoms with E-state index in [1.54, 1.807) is 0 Å². The Balaban J connectivity index is 0. The molecule has 0 unspecified atom stereocenters. The summed E-state index contributed by atoms with van der Waals surface area (Å²) >= 11 is 0. The monoisotopic (exact) mass is 186 g/mol. The molecule has 0 amide bonds. The Hall–Kier alpha value is -0.0138. The van der Waals surface area contributed by atoms with Gasteiger partial charge in [0.25, 0.3) is 0 Å². The third-order valence-electron chi connectivity index (χ3n) is 2.62. The van der Waals surface area contributed by atoms with E-state index in [-0.39, 0.29) is 30.5 Å². The van der Waals surface area contributed by atoms with Crippen molar-refractivity contribution in [3.63, 3.8) is 0 Å². The second-order valence-corrected chi connectivity index (χ2v) is 3.25.